The van der Waals surface area contributed by atoms with Gasteiger partial charge in [-0.15, -0.1) is 11.3 Å². The first-order chi connectivity index (χ1) is 15.0. The van der Waals surface area contributed by atoms with E-state index < -0.39 is 0 Å². The monoisotopic (exact) mass is 429 g/mol. The molecule has 158 valence electrons. The molecule has 5 rings (SSSR count). The van der Waals surface area contributed by atoms with Crippen molar-refractivity contribution in [3.8, 4) is 22.5 Å². The largest absolute Gasteiger partial charge is 0.306 e. The number of rotatable bonds is 3. The Bertz CT molecular complexity index is 1300. The lowest BCUT2D eigenvalue weighted by atomic mass is 10.0. The Morgan fingerprint density at radius 2 is 1.68 bits per heavy atom. The van der Waals surface area contributed by atoms with Gasteiger partial charge in [-0.2, -0.15) is 0 Å². The van der Waals surface area contributed by atoms with Crippen LogP contribution >= 0.6 is 11.3 Å². The van der Waals surface area contributed by atoms with Gasteiger partial charge in [-0.05, 0) is 58.5 Å². The molecule has 0 amide bonds. The van der Waals surface area contributed by atoms with Crippen molar-refractivity contribution in [3.63, 3.8) is 0 Å². The summed E-state index contributed by atoms with van der Waals surface area (Å²) in [7, 11) is 2.15. The van der Waals surface area contributed by atoms with E-state index in [9.17, 15) is 4.79 Å². The summed E-state index contributed by atoms with van der Waals surface area (Å²) in [5.74, 6) is 0.802. The predicted octanol–water partition coefficient (Wildman–Crippen LogP) is 5.68. The Hall–Kier alpha value is -2.76. The summed E-state index contributed by atoms with van der Waals surface area (Å²) in [4.78, 5) is 23.5. The minimum absolute atomic E-state index is 0.0965. The normalized spacial score (nSPS) is 15.6. The van der Waals surface area contributed by atoms with E-state index in [2.05, 4.69) is 62.2 Å². The minimum atomic E-state index is 0.0965. The van der Waals surface area contributed by atoms with Gasteiger partial charge in [0.2, 0.25) is 0 Å². The summed E-state index contributed by atoms with van der Waals surface area (Å²) in [5, 5.41) is 0.768. The molecule has 0 radical (unpaired) electrons. The predicted molar refractivity (Wildman–Crippen MR) is 130 cm³/mol. The maximum absolute atomic E-state index is 14.1. The van der Waals surface area contributed by atoms with Gasteiger partial charge >= 0.3 is 0 Å². The number of aromatic nitrogens is 2. The molecule has 0 spiro atoms. The molecule has 0 unspecified atom stereocenters. The second kappa shape index (κ2) is 8.06. The summed E-state index contributed by atoms with van der Waals surface area (Å²) < 4.78 is 2.00. The Morgan fingerprint density at radius 1 is 0.968 bits per heavy atom. The molecule has 4 aromatic rings. The average Bonchev–Trinajstić information content (AvgIpc) is 3.11. The standard InChI is InChI=1S/C26H27N3OS/c1-17-8-7-11-20(16-17)24-27-25-23(22(18(2)31-25)19-9-5-4-6-10-19)26(30)29(24)21-12-14-28(3)15-13-21/h4-11,16,21H,12-15H2,1-3H3. The SMILES string of the molecule is Cc1cccc(-c2nc3sc(C)c(-c4ccccc4)c3c(=O)n2C2CCN(C)CC2)c1. The van der Waals surface area contributed by atoms with Gasteiger partial charge in [-0.3, -0.25) is 9.36 Å². The third-order valence-corrected chi connectivity index (χ3v) is 7.33. The van der Waals surface area contributed by atoms with E-state index in [1.165, 1.54) is 5.56 Å². The quantitative estimate of drug-likeness (QED) is 0.421. The van der Waals surface area contributed by atoms with Gasteiger partial charge in [0.25, 0.3) is 5.56 Å². The first kappa shape index (κ1) is 20.2. The van der Waals surface area contributed by atoms with Crippen LogP contribution in [-0.4, -0.2) is 34.6 Å². The molecule has 3 heterocycles. The third-order valence-electron chi connectivity index (χ3n) is 6.33. The highest BCUT2D eigenvalue weighted by atomic mass is 32.1. The zero-order chi connectivity index (χ0) is 21.5. The van der Waals surface area contributed by atoms with Crippen LogP contribution in [0.15, 0.2) is 59.4 Å². The zero-order valence-corrected chi connectivity index (χ0v) is 19.1. The number of nitrogens with zero attached hydrogens (tertiary/aromatic N) is 3. The van der Waals surface area contributed by atoms with Crippen LogP contribution in [0, 0.1) is 13.8 Å². The van der Waals surface area contributed by atoms with Gasteiger partial charge in [0.15, 0.2) is 0 Å². The fourth-order valence-corrected chi connectivity index (χ4v) is 5.74. The molecule has 31 heavy (non-hydrogen) atoms. The number of thiophene rings is 1. The number of benzene rings is 2. The van der Waals surface area contributed by atoms with Crippen LogP contribution in [0.5, 0.6) is 0 Å². The van der Waals surface area contributed by atoms with Crippen LogP contribution in [-0.2, 0) is 0 Å². The number of fused-ring (bicyclic) bond motifs is 1. The molecular weight excluding hydrogens is 402 g/mol. The number of aryl methyl sites for hydroxylation is 2. The highest BCUT2D eigenvalue weighted by molar-refractivity contribution is 7.19. The zero-order valence-electron chi connectivity index (χ0n) is 18.3. The molecule has 2 aromatic heterocycles. The molecule has 0 N–H and O–H groups in total. The van der Waals surface area contributed by atoms with E-state index in [0.29, 0.717) is 0 Å². The lowest BCUT2D eigenvalue weighted by Gasteiger charge is -2.31. The van der Waals surface area contributed by atoms with Crippen molar-refractivity contribution >= 4 is 21.6 Å². The van der Waals surface area contributed by atoms with Crippen molar-refractivity contribution in [3.05, 3.63) is 75.4 Å². The maximum atomic E-state index is 14.1. The molecule has 5 heteroatoms. The van der Waals surface area contributed by atoms with Crippen molar-refractivity contribution in [2.45, 2.75) is 32.7 Å². The molecule has 0 aliphatic carbocycles. The van der Waals surface area contributed by atoms with Gasteiger partial charge < -0.3 is 4.90 Å². The van der Waals surface area contributed by atoms with Crippen molar-refractivity contribution in [2.24, 2.45) is 0 Å². The highest BCUT2D eigenvalue weighted by Crippen LogP contribution is 2.37. The molecule has 1 aliphatic rings. The molecular formula is C26H27N3OS. The Balaban J connectivity index is 1.81. The van der Waals surface area contributed by atoms with Crippen LogP contribution in [0.4, 0.5) is 0 Å². The highest BCUT2D eigenvalue weighted by Gasteiger charge is 2.26. The summed E-state index contributed by atoms with van der Waals surface area (Å²) in [6.45, 7) is 6.18. The van der Waals surface area contributed by atoms with E-state index in [4.69, 9.17) is 4.98 Å². The van der Waals surface area contributed by atoms with Gasteiger partial charge in [0, 0.05) is 22.0 Å². The number of likely N-dealkylation sites (tertiary alicyclic amines) is 1. The van der Waals surface area contributed by atoms with Gasteiger partial charge in [-0.25, -0.2) is 4.98 Å². The lowest BCUT2D eigenvalue weighted by molar-refractivity contribution is 0.219. The summed E-state index contributed by atoms with van der Waals surface area (Å²) in [6, 6.07) is 18.8. The number of hydrogen-bond donors (Lipinski definition) is 0. The number of hydrogen-bond acceptors (Lipinski definition) is 4. The summed E-state index contributed by atoms with van der Waals surface area (Å²) in [6.07, 6.45) is 1.93. The molecule has 4 nitrogen and oxygen atoms in total. The van der Waals surface area contributed by atoms with Crippen LogP contribution in [0.2, 0.25) is 0 Å². The average molecular weight is 430 g/mol. The lowest BCUT2D eigenvalue weighted by Crippen LogP contribution is -2.36. The van der Waals surface area contributed by atoms with E-state index >= 15 is 0 Å². The Labute approximate surface area is 186 Å². The number of piperidine rings is 1. The summed E-state index contributed by atoms with van der Waals surface area (Å²) in [5.41, 5.74) is 4.41. The topological polar surface area (TPSA) is 38.1 Å². The van der Waals surface area contributed by atoms with Crippen molar-refractivity contribution in [2.75, 3.05) is 20.1 Å². The van der Waals surface area contributed by atoms with E-state index in [0.717, 1.165) is 63.5 Å². The second-order valence-electron chi connectivity index (χ2n) is 8.59. The molecule has 2 aromatic carbocycles. The Kier molecular flexibility index (Phi) is 5.24. The van der Waals surface area contributed by atoms with Gasteiger partial charge in [0.1, 0.15) is 10.7 Å². The van der Waals surface area contributed by atoms with Crippen molar-refractivity contribution in [1.29, 1.82) is 0 Å². The van der Waals surface area contributed by atoms with Crippen LogP contribution in [0.25, 0.3) is 32.7 Å². The first-order valence-corrected chi connectivity index (χ1v) is 11.7. The minimum Gasteiger partial charge on any atom is -0.306 e. The van der Waals surface area contributed by atoms with E-state index in [1.54, 1.807) is 11.3 Å². The van der Waals surface area contributed by atoms with E-state index in [-0.39, 0.29) is 11.6 Å². The molecule has 0 bridgehead atoms. The fourth-order valence-electron chi connectivity index (χ4n) is 4.71. The third kappa shape index (κ3) is 3.62. The van der Waals surface area contributed by atoms with E-state index in [1.807, 2.05) is 22.8 Å². The molecule has 1 fully saturated rings. The van der Waals surface area contributed by atoms with Crippen molar-refractivity contribution < 1.29 is 0 Å². The van der Waals surface area contributed by atoms with Gasteiger partial charge in [-0.1, -0.05) is 54.1 Å². The smallest absolute Gasteiger partial charge is 0.263 e. The first-order valence-electron chi connectivity index (χ1n) is 10.9. The summed E-state index contributed by atoms with van der Waals surface area (Å²) >= 11 is 1.62. The fraction of sp³-hybridized carbons (Fsp3) is 0.308. The van der Waals surface area contributed by atoms with Crippen LogP contribution in [0.3, 0.4) is 0 Å². The molecule has 0 atom stereocenters. The van der Waals surface area contributed by atoms with Crippen LogP contribution in [0.1, 0.15) is 29.3 Å². The Morgan fingerprint density at radius 3 is 2.39 bits per heavy atom. The molecule has 1 aliphatic heterocycles. The van der Waals surface area contributed by atoms with Crippen molar-refractivity contribution in [1.82, 2.24) is 14.5 Å². The second-order valence-corrected chi connectivity index (χ2v) is 9.80. The van der Waals surface area contributed by atoms with Crippen LogP contribution < -0.4 is 5.56 Å². The van der Waals surface area contributed by atoms with Gasteiger partial charge in [0.05, 0.1) is 5.39 Å². The molecule has 1 saturated heterocycles. The maximum Gasteiger partial charge on any atom is 0.263 e. The molecule has 0 saturated carbocycles.